The van der Waals surface area contributed by atoms with Crippen LogP contribution in [-0.4, -0.2) is 105 Å². The van der Waals surface area contributed by atoms with Gasteiger partial charge in [0.1, 0.15) is 11.9 Å². The minimum absolute atomic E-state index is 0.00990. The van der Waals surface area contributed by atoms with E-state index in [4.69, 9.17) is 15.2 Å². The van der Waals surface area contributed by atoms with Gasteiger partial charge in [-0.2, -0.15) is 0 Å². The molecule has 0 amide bonds. The van der Waals surface area contributed by atoms with Gasteiger partial charge in [0.05, 0.1) is 31.5 Å². The zero-order valence-electron chi connectivity index (χ0n) is 44.2. The van der Waals surface area contributed by atoms with Gasteiger partial charge in [-0.05, 0) is 140 Å². The fourth-order valence-corrected chi connectivity index (χ4v) is 15.8. The highest BCUT2D eigenvalue weighted by Gasteiger charge is 2.44. The van der Waals surface area contributed by atoms with Crippen LogP contribution in [-0.2, 0) is 24.0 Å². The summed E-state index contributed by atoms with van der Waals surface area (Å²) in [4.78, 5) is 3.38. The molecule has 12 atom stereocenters. The summed E-state index contributed by atoms with van der Waals surface area (Å²) in [7, 11) is 3.26. The van der Waals surface area contributed by atoms with Crippen molar-refractivity contribution in [3.63, 3.8) is 0 Å². The number of rotatable bonds is 17. The van der Waals surface area contributed by atoms with Gasteiger partial charge in [0.25, 0.3) is 0 Å². The number of nitrogens with two attached hydrogens (primary N) is 1. The Bertz CT molecular complexity index is 2650. The Kier molecular flexibility index (Phi) is 19.8. The number of ether oxygens (including phenoxy) is 2. The highest BCUT2D eigenvalue weighted by molar-refractivity contribution is 8.76. The standard InChI is InChI=1S/C63H81N3O8S2/c1-2-42-30-46-33-55(70)58(74-59-34-47(31-49-16-11-25-65-49)50-21-26-66-62(64)54(50)40-76-75-39-48(38-69)61(59)72)36-52(46)53-35-56(71)60-44(32-51(42)53)20-23-63(24-27-67,22-10-9-17-57(60)73-29-28-68)37-45(43-14-7-4-8-15-43)19-18-41-12-5-3-6-13-41/h3-8,11-16,21,25,32-33,36,42,44-45,47-48,53,56-57,59-61,65-72H,2,9-10,17-19,22,24,26-31,34-35,37-40,64H2,1H3. The van der Waals surface area contributed by atoms with Crippen molar-refractivity contribution in [2.24, 2.45) is 40.7 Å². The lowest BCUT2D eigenvalue weighted by molar-refractivity contribution is -0.0606. The number of allylic oxidation sites excluding steroid dienone is 3. The molecule has 1 fully saturated rings. The average molecular weight is 1070 g/mol. The predicted octanol–water partition coefficient (Wildman–Crippen LogP) is 9.50. The Morgan fingerprint density at radius 3 is 2.49 bits per heavy atom. The van der Waals surface area contributed by atoms with E-state index in [2.05, 4.69) is 108 Å². The van der Waals surface area contributed by atoms with E-state index in [-0.39, 0.29) is 79.5 Å². The van der Waals surface area contributed by atoms with Crippen molar-refractivity contribution in [1.29, 1.82) is 0 Å². The number of phenolic OH excluding ortho intramolecular Hbond substituents is 1. The number of aliphatic hydroxyl groups is 5. The molecule has 5 aliphatic rings. The largest absolute Gasteiger partial charge is 0.504 e. The van der Waals surface area contributed by atoms with Crippen molar-refractivity contribution < 1.29 is 40.1 Å². The monoisotopic (exact) mass is 1070 g/mol. The van der Waals surface area contributed by atoms with Gasteiger partial charge in [-0.15, -0.1) is 0 Å². The third kappa shape index (κ3) is 13.4. The number of H-pyrrole nitrogens is 1. The van der Waals surface area contributed by atoms with Crippen molar-refractivity contribution in [1.82, 2.24) is 10.3 Å². The topological polar surface area (TPSA) is 194 Å². The second-order valence-electron chi connectivity index (χ2n) is 22.1. The van der Waals surface area contributed by atoms with Crippen LogP contribution in [0.1, 0.15) is 111 Å². The first-order chi connectivity index (χ1) is 37.1. The van der Waals surface area contributed by atoms with E-state index < -0.39 is 29.6 Å². The molecule has 1 saturated heterocycles. The molecule has 0 saturated carbocycles. The number of fused-ring (bicyclic) bond motifs is 5. The second kappa shape index (κ2) is 26.8. The van der Waals surface area contributed by atoms with Crippen LogP contribution in [0, 0.1) is 46.8 Å². The summed E-state index contributed by atoms with van der Waals surface area (Å²) in [5.74, 6) is 8.57. The first-order valence-electron chi connectivity index (χ1n) is 28.1. The minimum atomic E-state index is -1.06. The summed E-state index contributed by atoms with van der Waals surface area (Å²) in [5, 5.41) is 72.3. The number of dihydropyridines is 1. The highest BCUT2D eigenvalue weighted by Crippen LogP contribution is 2.52. The number of hydrogen-bond donors (Lipinski definition) is 9. The van der Waals surface area contributed by atoms with E-state index in [0.29, 0.717) is 62.4 Å². The first kappa shape index (κ1) is 56.1. The van der Waals surface area contributed by atoms with Gasteiger partial charge in [-0.25, -0.2) is 0 Å². The maximum atomic E-state index is 12.9. The summed E-state index contributed by atoms with van der Waals surface area (Å²) in [5.41, 5.74) is 15.2. The van der Waals surface area contributed by atoms with Gasteiger partial charge in [0.2, 0.25) is 0 Å². The van der Waals surface area contributed by atoms with Gasteiger partial charge >= 0.3 is 0 Å². The Morgan fingerprint density at radius 2 is 1.74 bits per heavy atom. The van der Waals surface area contributed by atoms with E-state index in [1.807, 2.05) is 24.4 Å². The summed E-state index contributed by atoms with van der Waals surface area (Å²) >= 11 is 0. The van der Waals surface area contributed by atoms with E-state index in [1.165, 1.54) is 16.7 Å². The Morgan fingerprint density at radius 1 is 0.921 bits per heavy atom. The van der Waals surface area contributed by atoms with Gasteiger partial charge in [-0.3, -0.25) is 0 Å². The van der Waals surface area contributed by atoms with E-state index in [1.54, 1.807) is 21.6 Å². The quantitative estimate of drug-likeness (QED) is 0.0277. The zero-order chi connectivity index (χ0) is 53.0. The van der Waals surface area contributed by atoms with Crippen molar-refractivity contribution in [3.8, 4) is 23.3 Å². The molecule has 3 heterocycles. The molecule has 11 nitrogen and oxygen atoms in total. The third-order valence-electron chi connectivity index (χ3n) is 17.3. The van der Waals surface area contributed by atoms with Crippen molar-refractivity contribution in [2.75, 3.05) is 44.5 Å². The minimum Gasteiger partial charge on any atom is -0.504 e. The van der Waals surface area contributed by atoms with Crippen molar-refractivity contribution in [2.45, 2.75) is 127 Å². The molecular formula is C63H81N3O8S2. The molecule has 2 aliphatic heterocycles. The molecule has 3 aliphatic carbocycles. The summed E-state index contributed by atoms with van der Waals surface area (Å²) in [6.07, 6.45) is 12.9. The molecule has 10 N–H and O–H groups in total. The molecule has 0 spiro atoms. The van der Waals surface area contributed by atoms with E-state index >= 15 is 0 Å². The number of aryl methyl sites for hydroxylation is 1. The Balaban J connectivity index is 1.09. The first-order valence-corrected chi connectivity index (χ1v) is 30.5. The summed E-state index contributed by atoms with van der Waals surface area (Å²) in [6.45, 7) is 2.62. The normalized spacial score (nSPS) is 29.4. The number of aliphatic hydroxyl groups excluding tert-OH is 5. The maximum absolute atomic E-state index is 12.9. The highest BCUT2D eigenvalue weighted by atomic mass is 33.1. The molecule has 9 rings (SSSR count). The van der Waals surface area contributed by atoms with Crippen LogP contribution in [0.5, 0.6) is 11.5 Å². The second-order valence-corrected chi connectivity index (χ2v) is 24.6. The molecular weight excluding hydrogens is 991 g/mol. The number of aromatic amines is 1. The fourth-order valence-electron chi connectivity index (χ4n) is 13.3. The SMILES string of the molecule is CCC1Cc2cc(O)c(OC3CC(Cc4ccc[nH]4)C4=CCNC(N)=C4CSSCC(CO)C3O)cc2C2CC(O)C3C(C#CC(CCO)(CC(CCc4ccccc4)c4ccccc4)CCCCC3OCCO)C=C12. The Hall–Kier alpha value is -4.62. The number of aromatic nitrogens is 1. The maximum Gasteiger partial charge on any atom is 0.161 e. The number of aromatic hydroxyl groups is 1. The molecule has 76 heavy (non-hydrogen) atoms. The molecule has 0 bridgehead atoms. The van der Waals surface area contributed by atoms with Crippen molar-refractivity contribution in [3.05, 3.63) is 154 Å². The van der Waals surface area contributed by atoms with Crippen LogP contribution in [0.25, 0.3) is 0 Å². The molecule has 0 radical (unpaired) electrons. The van der Waals surface area contributed by atoms with Crippen LogP contribution in [0.4, 0.5) is 0 Å². The predicted molar refractivity (Wildman–Crippen MR) is 306 cm³/mol. The number of nitrogens with one attached hydrogen (secondary N) is 2. The van der Waals surface area contributed by atoms with Crippen LogP contribution < -0.4 is 15.8 Å². The van der Waals surface area contributed by atoms with Gasteiger partial charge in [0, 0.05) is 77.8 Å². The smallest absolute Gasteiger partial charge is 0.161 e. The van der Waals surface area contributed by atoms with Crippen LogP contribution in [0.3, 0.4) is 0 Å². The average Bonchev–Trinajstić information content (AvgIpc) is 3.90. The molecule has 1 aromatic heterocycles. The van der Waals surface area contributed by atoms with Crippen LogP contribution in [0.2, 0.25) is 0 Å². The van der Waals surface area contributed by atoms with Crippen molar-refractivity contribution >= 4 is 21.6 Å². The zero-order valence-corrected chi connectivity index (χ0v) is 45.8. The summed E-state index contributed by atoms with van der Waals surface area (Å²) in [6, 6.07) is 29.2. The number of phenols is 1. The van der Waals surface area contributed by atoms with Gasteiger partial charge < -0.3 is 56.1 Å². The molecule has 4 aromatic rings. The van der Waals surface area contributed by atoms with Gasteiger partial charge in [-0.1, -0.05) is 132 Å². The molecule has 408 valence electrons. The molecule has 3 aromatic carbocycles. The third-order valence-corrected chi connectivity index (χ3v) is 19.7. The Labute approximate surface area is 458 Å². The van der Waals surface area contributed by atoms with E-state index in [0.717, 1.165) is 72.9 Å². The fraction of sp³-hybridized carbons (Fsp3) is 0.524. The lowest BCUT2D eigenvalue weighted by atomic mass is 9.69. The number of benzene rings is 3. The lowest BCUT2D eigenvalue weighted by Crippen LogP contribution is -2.42. The van der Waals surface area contributed by atoms with Gasteiger partial charge in [0.15, 0.2) is 11.5 Å². The molecule has 12 unspecified atom stereocenters. The van der Waals surface area contributed by atoms with E-state index in [9.17, 15) is 30.6 Å². The van der Waals surface area contributed by atoms with Crippen LogP contribution in [0.15, 0.2) is 126 Å². The molecule has 13 heteroatoms. The summed E-state index contributed by atoms with van der Waals surface area (Å²) < 4.78 is 13.5. The lowest BCUT2D eigenvalue weighted by Gasteiger charge is -2.37. The van der Waals surface area contributed by atoms with Crippen LogP contribution >= 0.6 is 21.6 Å². The number of hydrogen-bond acceptors (Lipinski definition) is 12.